The minimum absolute atomic E-state index is 0.472. The molecule has 2 nitrogen and oxygen atoms in total. The van der Waals surface area contributed by atoms with Gasteiger partial charge in [0.15, 0.2) is 0 Å². The van der Waals surface area contributed by atoms with Crippen molar-refractivity contribution in [2.24, 2.45) is 5.92 Å². The second kappa shape index (κ2) is 6.88. The van der Waals surface area contributed by atoms with Crippen LogP contribution in [0.1, 0.15) is 30.9 Å². The summed E-state index contributed by atoms with van der Waals surface area (Å²) in [5, 5.41) is 1.20. The number of hydrogen-bond donors (Lipinski definition) is 0. The van der Waals surface area contributed by atoms with Gasteiger partial charge in [-0.15, -0.1) is 0 Å². The van der Waals surface area contributed by atoms with Crippen molar-refractivity contribution in [2.45, 2.75) is 26.7 Å². The van der Waals surface area contributed by atoms with Gasteiger partial charge in [0.1, 0.15) is 11.0 Å². The summed E-state index contributed by atoms with van der Waals surface area (Å²) in [6.07, 6.45) is 1.52. The Morgan fingerprint density at radius 3 is 2.35 bits per heavy atom. The summed E-state index contributed by atoms with van der Waals surface area (Å²) in [6.45, 7) is 4.31. The van der Waals surface area contributed by atoms with Crippen LogP contribution in [0.4, 0.5) is 0 Å². The fourth-order valence-electron chi connectivity index (χ4n) is 1.90. The maximum atomic E-state index is 6.17. The van der Waals surface area contributed by atoms with Crippen LogP contribution in [0, 0.1) is 5.92 Å². The Hall–Kier alpha value is -0.640. The van der Waals surface area contributed by atoms with Gasteiger partial charge in [-0.05, 0) is 46.0 Å². The summed E-state index contributed by atoms with van der Waals surface area (Å²) in [5.41, 5.74) is 2.08. The maximum Gasteiger partial charge on any atom is 0.147 e. The Balaban J connectivity index is 2.27. The summed E-state index contributed by atoms with van der Waals surface area (Å²) >= 11 is 15.5. The van der Waals surface area contributed by atoms with Crippen molar-refractivity contribution in [1.29, 1.82) is 0 Å². The van der Waals surface area contributed by atoms with Crippen molar-refractivity contribution in [1.82, 2.24) is 9.97 Å². The minimum Gasteiger partial charge on any atom is -0.236 e. The van der Waals surface area contributed by atoms with Gasteiger partial charge in [0, 0.05) is 11.4 Å². The van der Waals surface area contributed by atoms with E-state index in [-0.39, 0.29) is 0 Å². The quantitative estimate of drug-likeness (QED) is 0.676. The molecule has 0 aliphatic heterocycles. The summed E-state index contributed by atoms with van der Waals surface area (Å²) < 4.78 is 0.799. The van der Waals surface area contributed by atoms with Gasteiger partial charge >= 0.3 is 0 Å². The zero-order valence-corrected chi connectivity index (χ0v) is 14.4. The topological polar surface area (TPSA) is 25.8 Å². The Labute approximate surface area is 137 Å². The van der Waals surface area contributed by atoms with E-state index in [4.69, 9.17) is 23.2 Å². The molecule has 20 heavy (non-hydrogen) atoms. The van der Waals surface area contributed by atoms with E-state index in [0.717, 1.165) is 33.0 Å². The third kappa shape index (κ3) is 4.18. The normalized spacial score (nSPS) is 11.1. The van der Waals surface area contributed by atoms with Gasteiger partial charge in [0.05, 0.1) is 10.2 Å². The highest BCUT2D eigenvalue weighted by Crippen LogP contribution is 2.26. The second-order valence-corrected chi connectivity index (χ2v) is 6.68. The molecule has 2 rings (SSSR count). The van der Waals surface area contributed by atoms with Gasteiger partial charge in [-0.2, -0.15) is 0 Å². The lowest BCUT2D eigenvalue weighted by Crippen LogP contribution is -2.05. The predicted octanol–water partition coefficient (Wildman–Crippen LogP) is 5.34. The standard InChI is InChI=1S/C15H15BrCl2N2/c1-9(2)7-12-14(16)15(18)20-13(19-12)8-10-3-5-11(17)6-4-10/h3-6,9H,7-8H2,1-2H3. The molecule has 1 aromatic carbocycles. The van der Waals surface area contributed by atoms with Gasteiger partial charge in [0.25, 0.3) is 0 Å². The second-order valence-electron chi connectivity index (χ2n) is 5.09. The number of hydrogen-bond acceptors (Lipinski definition) is 2. The van der Waals surface area contributed by atoms with Gasteiger partial charge in [-0.25, -0.2) is 9.97 Å². The zero-order valence-electron chi connectivity index (χ0n) is 11.3. The molecular weight excluding hydrogens is 359 g/mol. The molecule has 0 unspecified atom stereocenters. The van der Waals surface area contributed by atoms with Gasteiger partial charge in [-0.3, -0.25) is 0 Å². The first-order chi connectivity index (χ1) is 9.45. The third-order valence-corrected chi connectivity index (χ3v) is 4.39. The van der Waals surface area contributed by atoms with E-state index in [0.29, 0.717) is 17.5 Å². The molecule has 0 saturated carbocycles. The molecule has 0 aliphatic rings. The first-order valence-corrected chi connectivity index (χ1v) is 7.96. The van der Waals surface area contributed by atoms with Crippen molar-refractivity contribution in [3.05, 3.63) is 56.0 Å². The van der Waals surface area contributed by atoms with Crippen LogP contribution in [-0.2, 0) is 12.8 Å². The molecule has 0 amide bonds. The van der Waals surface area contributed by atoms with Crippen LogP contribution in [-0.4, -0.2) is 9.97 Å². The van der Waals surface area contributed by atoms with Crippen molar-refractivity contribution >= 4 is 39.1 Å². The minimum atomic E-state index is 0.472. The first kappa shape index (κ1) is 15.7. The molecule has 0 spiro atoms. The van der Waals surface area contributed by atoms with Crippen LogP contribution < -0.4 is 0 Å². The molecule has 5 heteroatoms. The predicted molar refractivity (Wildman–Crippen MR) is 87.5 cm³/mol. The van der Waals surface area contributed by atoms with E-state index >= 15 is 0 Å². The van der Waals surface area contributed by atoms with Gasteiger partial charge < -0.3 is 0 Å². The van der Waals surface area contributed by atoms with Gasteiger partial charge in [0.2, 0.25) is 0 Å². The monoisotopic (exact) mass is 372 g/mol. The highest BCUT2D eigenvalue weighted by molar-refractivity contribution is 9.10. The summed E-state index contributed by atoms with van der Waals surface area (Å²) in [6, 6.07) is 7.69. The first-order valence-electron chi connectivity index (χ1n) is 6.41. The highest BCUT2D eigenvalue weighted by Gasteiger charge is 2.12. The fraction of sp³-hybridized carbons (Fsp3) is 0.333. The van der Waals surface area contributed by atoms with E-state index in [9.17, 15) is 0 Å². The lowest BCUT2D eigenvalue weighted by Gasteiger charge is -2.10. The molecule has 0 N–H and O–H groups in total. The highest BCUT2D eigenvalue weighted by atomic mass is 79.9. The van der Waals surface area contributed by atoms with E-state index < -0.39 is 0 Å². The summed E-state index contributed by atoms with van der Waals surface area (Å²) in [4.78, 5) is 8.95. The van der Waals surface area contributed by atoms with Crippen LogP contribution in [0.2, 0.25) is 10.2 Å². The van der Waals surface area contributed by atoms with Crippen molar-refractivity contribution in [3.8, 4) is 0 Å². The molecule has 0 atom stereocenters. The van der Waals surface area contributed by atoms with Crippen LogP contribution in [0.3, 0.4) is 0 Å². The molecule has 2 aromatic rings. The summed E-state index contributed by atoms with van der Waals surface area (Å²) in [7, 11) is 0. The largest absolute Gasteiger partial charge is 0.236 e. The van der Waals surface area contributed by atoms with Crippen LogP contribution >= 0.6 is 39.1 Å². The van der Waals surface area contributed by atoms with Crippen LogP contribution in [0.25, 0.3) is 0 Å². The molecular formula is C15H15BrCl2N2. The zero-order chi connectivity index (χ0) is 14.7. The molecule has 0 bridgehead atoms. The van der Waals surface area contributed by atoms with Crippen LogP contribution in [0.15, 0.2) is 28.7 Å². The van der Waals surface area contributed by atoms with Crippen molar-refractivity contribution in [2.75, 3.05) is 0 Å². The SMILES string of the molecule is CC(C)Cc1nc(Cc2ccc(Cl)cc2)nc(Cl)c1Br. The van der Waals surface area contributed by atoms with E-state index in [1.165, 1.54) is 0 Å². The number of nitrogens with zero attached hydrogens (tertiary/aromatic N) is 2. The molecule has 0 radical (unpaired) electrons. The lowest BCUT2D eigenvalue weighted by molar-refractivity contribution is 0.628. The Kier molecular flexibility index (Phi) is 5.42. The van der Waals surface area contributed by atoms with Gasteiger partial charge in [-0.1, -0.05) is 49.2 Å². The fourth-order valence-corrected chi connectivity index (χ4v) is 2.57. The molecule has 1 aromatic heterocycles. The number of halogens is 3. The summed E-state index contributed by atoms with van der Waals surface area (Å²) in [5.74, 6) is 1.25. The molecule has 0 fully saturated rings. The average molecular weight is 374 g/mol. The Morgan fingerprint density at radius 2 is 1.75 bits per heavy atom. The Morgan fingerprint density at radius 1 is 1.10 bits per heavy atom. The number of benzene rings is 1. The molecule has 106 valence electrons. The van der Waals surface area contributed by atoms with E-state index in [1.54, 1.807) is 0 Å². The van der Waals surface area contributed by atoms with Crippen molar-refractivity contribution in [3.63, 3.8) is 0 Å². The molecule has 0 saturated heterocycles. The number of aromatic nitrogens is 2. The smallest absolute Gasteiger partial charge is 0.147 e. The molecule has 0 aliphatic carbocycles. The molecule has 1 heterocycles. The van der Waals surface area contributed by atoms with E-state index in [1.807, 2.05) is 24.3 Å². The maximum absolute atomic E-state index is 6.17. The third-order valence-electron chi connectivity index (χ3n) is 2.80. The Bertz CT molecular complexity index is 598. The van der Waals surface area contributed by atoms with E-state index in [2.05, 4.69) is 39.7 Å². The van der Waals surface area contributed by atoms with Crippen LogP contribution in [0.5, 0.6) is 0 Å². The lowest BCUT2D eigenvalue weighted by atomic mass is 10.1. The number of rotatable bonds is 4. The average Bonchev–Trinajstić information content (AvgIpc) is 2.37. The van der Waals surface area contributed by atoms with Crippen molar-refractivity contribution < 1.29 is 0 Å².